The van der Waals surface area contributed by atoms with Crippen molar-refractivity contribution in [1.82, 2.24) is 9.21 Å². The number of amides is 1. The van der Waals surface area contributed by atoms with Crippen LogP contribution in [0.2, 0.25) is 0 Å². The Balaban J connectivity index is 1.85. The van der Waals surface area contributed by atoms with Gasteiger partial charge < -0.3 is 9.64 Å². The van der Waals surface area contributed by atoms with Crippen molar-refractivity contribution in [3.05, 3.63) is 29.8 Å². The summed E-state index contributed by atoms with van der Waals surface area (Å²) in [6.45, 7) is 4.71. The van der Waals surface area contributed by atoms with Gasteiger partial charge in [0.1, 0.15) is 0 Å². The van der Waals surface area contributed by atoms with Crippen LogP contribution in [0, 0.1) is 0 Å². The van der Waals surface area contributed by atoms with E-state index in [1.165, 1.54) is 6.07 Å². The first-order valence-corrected chi connectivity index (χ1v) is 10.5. The number of piperidine rings is 1. The van der Waals surface area contributed by atoms with E-state index in [4.69, 9.17) is 4.74 Å². The fraction of sp³-hybridized carbons (Fsp3) is 0.611. The number of carbonyl (C=O) groups excluding carboxylic acids is 1. The number of sulfonamides is 1. The summed E-state index contributed by atoms with van der Waals surface area (Å²) in [6.07, 6.45) is 3.68. The first kappa shape index (κ1) is 18.4. The molecule has 2 aliphatic heterocycles. The minimum atomic E-state index is -3.57. The van der Waals surface area contributed by atoms with E-state index in [1.54, 1.807) is 27.4 Å². The van der Waals surface area contributed by atoms with Crippen LogP contribution in [-0.2, 0) is 14.8 Å². The third-order valence-corrected chi connectivity index (χ3v) is 6.98. The summed E-state index contributed by atoms with van der Waals surface area (Å²) >= 11 is 0. The third-order valence-electron chi connectivity index (χ3n) is 5.03. The van der Waals surface area contributed by atoms with E-state index in [-0.39, 0.29) is 16.8 Å². The lowest BCUT2D eigenvalue weighted by molar-refractivity contribution is 0.0302. The number of carbonyl (C=O) groups is 1. The zero-order valence-corrected chi connectivity index (χ0v) is 15.5. The Bertz CT molecular complexity index is 714. The van der Waals surface area contributed by atoms with Crippen molar-refractivity contribution in [2.45, 2.75) is 43.5 Å². The van der Waals surface area contributed by atoms with Crippen LogP contribution in [0.25, 0.3) is 0 Å². The topological polar surface area (TPSA) is 66.9 Å². The number of nitrogens with zero attached hydrogens (tertiary/aromatic N) is 2. The summed E-state index contributed by atoms with van der Waals surface area (Å²) in [5, 5.41) is 0. The van der Waals surface area contributed by atoms with Gasteiger partial charge in [-0.25, -0.2) is 8.42 Å². The molecule has 3 rings (SSSR count). The molecule has 2 heterocycles. The lowest BCUT2D eigenvalue weighted by atomic mass is 10.0. The van der Waals surface area contributed by atoms with E-state index in [2.05, 4.69) is 0 Å². The molecule has 1 atom stereocenters. The maximum atomic E-state index is 13.1. The molecular weight excluding hydrogens is 340 g/mol. The second-order valence-electron chi connectivity index (χ2n) is 6.61. The molecule has 2 aliphatic rings. The zero-order chi connectivity index (χ0) is 17.9. The first-order chi connectivity index (χ1) is 12.0. The summed E-state index contributed by atoms with van der Waals surface area (Å²) in [5.74, 6) is -0.133. The second kappa shape index (κ2) is 7.85. The molecule has 25 heavy (non-hydrogen) atoms. The molecule has 0 N–H and O–H groups in total. The van der Waals surface area contributed by atoms with Gasteiger partial charge in [0.2, 0.25) is 10.0 Å². The van der Waals surface area contributed by atoms with Crippen LogP contribution in [0.15, 0.2) is 29.2 Å². The molecular formula is C18H26N2O4S. The molecule has 2 fully saturated rings. The van der Waals surface area contributed by atoms with Gasteiger partial charge >= 0.3 is 0 Å². The smallest absolute Gasteiger partial charge is 0.254 e. The maximum absolute atomic E-state index is 13.1. The summed E-state index contributed by atoms with van der Waals surface area (Å²) in [5.41, 5.74) is 0.424. The number of benzene rings is 1. The Kier molecular flexibility index (Phi) is 5.76. The Hall–Kier alpha value is -1.44. The highest BCUT2D eigenvalue weighted by Gasteiger charge is 2.33. The second-order valence-corrected chi connectivity index (χ2v) is 8.50. The summed E-state index contributed by atoms with van der Waals surface area (Å²) < 4.78 is 33.1. The van der Waals surface area contributed by atoms with E-state index >= 15 is 0 Å². The minimum absolute atomic E-state index is 0.0531. The first-order valence-electron chi connectivity index (χ1n) is 9.03. The molecule has 0 saturated carbocycles. The van der Waals surface area contributed by atoms with Crippen LogP contribution in [0.1, 0.15) is 43.0 Å². The average Bonchev–Trinajstić information content (AvgIpc) is 2.68. The molecule has 7 heteroatoms. The molecule has 0 aromatic heterocycles. The molecule has 0 spiro atoms. The van der Waals surface area contributed by atoms with Gasteiger partial charge in [-0.05, 0) is 37.5 Å². The monoisotopic (exact) mass is 366 g/mol. The average molecular weight is 366 g/mol. The van der Waals surface area contributed by atoms with Crippen LogP contribution in [0.5, 0.6) is 0 Å². The number of hydrogen-bond acceptors (Lipinski definition) is 4. The standard InChI is InChI=1S/C18H26N2O4S/c1-2-16-7-3-4-9-20(16)25(22,23)17-8-5-6-15(14-17)18(21)19-10-12-24-13-11-19/h5-6,8,14,16H,2-4,7,9-13H2,1H3. The lowest BCUT2D eigenvalue weighted by Crippen LogP contribution is -2.43. The van der Waals surface area contributed by atoms with E-state index in [0.717, 1.165) is 25.7 Å². The Morgan fingerprint density at radius 3 is 2.68 bits per heavy atom. The van der Waals surface area contributed by atoms with Gasteiger partial charge in [0, 0.05) is 31.2 Å². The number of morpholine rings is 1. The van der Waals surface area contributed by atoms with E-state index in [9.17, 15) is 13.2 Å². The molecule has 0 bridgehead atoms. The van der Waals surface area contributed by atoms with Gasteiger partial charge in [0.25, 0.3) is 5.91 Å². The highest BCUT2D eigenvalue weighted by molar-refractivity contribution is 7.89. The van der Waals surface area contributed by atoms with E-state index < -0.39 is 10.0 Å². The molecule has 0 radical (unpaired) electrons. The van der Waals surface area contributed by atoms with Crippen molar-refractivity contribution < 1.29 is 17.9 Å². The SMILES string of the molecule is CCC1CCCCN1S(=O)(=O)c1cccc(C(=O)N2CCOCC2)c1. The highest BCUT2D eigenvalue weighted by atomic mass is 32.2. The van der Waals surface area contributed by atoms with Crippen LogP contribution < -0.4 is 0 Å². The van der Waals surface area contributed by atoms with E-state index in [0.29, 0.717) is 38.4 Å². The molecule has 1 aromatic rings. The molecule has 138 valence electrons. The molecule has 1 amide bonds. The Morgan fingerprint density at radius 2 is 1.96 bits per heavy atom. The van der Waals surface area contributed by atoms with Gasteiger partial charge in [-0.3, -0.25) is 4.79 Å². The molecule has 6 nitrogen and oxygen atoms in total. The molecule has 1 unspecified atom stereocenters. The van der Waals surface area contributed by atoms with Crippen LogP contribution in [0.3, 0.4) is 0 Å². The van der Waals surface area contributed by atoms with Gasteiger partial charge in [0.05, 0.1) is 18.1 Å². The summed E-state index contributed by atoms with van der Waals surface area (Å²) in [7, 11) is -3.57. The third kappa shape index (κ3) is 3.88. The summed E-state index contributed by atoms with van der Waals surface area (Å²) in [6, 6.07) is 6.51. The van der Waals surface area contributed by atoms with Crippen molar-refractivity contribution in [2.75, 3.05) is 32.8 Å². The molecule has 2 saturated heterocycles. The number of ether oxygens (including phenoxy) is 1. The fourth-order valence-electron chi connectivity index (χ4n) is 3.57. The van der Waals surface area contributed by atoms with E-state index in [1.807, 2.05) is 6.92 Å². The van der Waals surface area contributed by atoms with Crippen molar-refractivity contribution in [3.8, 4) is 0 Å². The Morgan fingerprint density at radius 1 is 1.20 bits per heavy atom. The van der Waals surface area contributed by atoms with Crippen LogP contribution >= 0.6 is 0 Å². The molecule has 1 aromatic carbocycles. The molecule has 0 aliphatic carbocycles. The van der Waals surface area contributed by atoms with Crippen LogP contribution in [0.4, 0.5) is 0 Å². The van der Waals surface area contributed by atoms with Crippen molar-refractivity contribution in [3.63, 3.8) is 0 Å². The number of hydrogen-bond donors (Lipinski definition) is 0. The van der Waals surface area contributed by atoms with Crippen molar-refractivity contribution in [2.24, 2.45) is 0 Å². The minimum Gasteiger partial charge on any atom is -0.378 e. The van der Waals surface area contributed by atoms with Crippen molar-refractivity contribution in [1.29, 1.82) is 0 Å². The van der Waals surface area contributed by atoms with Gasteiger partial charge in [-0.2, -0.15) is 4.31 Å². The van der Waals surface area contributed by atoms with Crippen LogP contribution in [-0.4, -0.2) is 62.4 Å². The highest BCUT2D eigenvalue weighted by Crippen LogP contribution is 2.27. The fourth-order valence-corrected chi connectivity index (χ4v) is 5.39. The maximum Gasteiger partial charge on any atom is 0.254 e. The van der Waals surface area contributed by atoms with Crippen molar-refractivity contribution >= 4 is 15.9 Å². The largest absolute Gasteiger partial charge is 0.378 e. The normalized spacial score (nSPS) is 22.8. The Labute approximate surface area is 149 Å². The van der Waals surface area contributed by atoms with Gasteiger partial charge in [0.15, 0.2) is 0 Å². The van der Waals surface area contributed by atoms with Gasteiger partial charge in [-0.15, -0.1) is 0 Å². The predicted octanol–water partition coefficient (Wildman–Crippen LogP) is 2.11. The zero-order valence-electron chi connectivity index (χ0n) is 14.7. The van der Waals surface area contributed by atoms with Gasteiger partial charge in [-0.1, -0.05) is 19.4 Å². The quantitative estimate of drug-likeness (QED) is 0.819. The predicted molar refractivity (Wildman–Crippen MR) is 95.0 cm³/mol. The summed E-state index contributed by atoms with van der Waals surface area (Å²) in [4.78, 5) is 14.6. The lowest BCUT2D eigenvalue weighted by Gasteiger charge is -2.34. The number of rotatable bonds is 4.